The average Bonchev–Trinajstić information content (AvgIpc) is 2.29. The predicted octanol–water partition coefficient (Wildman–Crippen LogP) is 1.62. The minimum absolute atomic E-state index is 0.642. The van der Waals surface area contributed by atoms with Gasteiger partial charge in [-0.25, -0.2) is 9.97 Å². The number of hydrogen-bond donors (Lipinski definition) is 1. The molecule has 0 bridgehead atoms. The van der Waals surface area contributed by atoms with Gasteiger partial charge in [0.1, 0.15) is 6.33 Å². The third-order valence-corrected chi connectivity index (χ3v) is 3.09. The molecule has 5 heteroatoms. The summed E-state index contributed by atoms with van der Waals surface area (Å²) in [6.45, 7) is 2.94. The lowest BCUT2D eigenvalue weighted by atomic mass is 9.99. The van der Waals surface area contributed by atoms with Crippen LogP contribution in [0, 0.1) is 5.92 Å². The summed E-state index contributed by atoms with van der Waals surface area (Å²) in [5, 5.41) is 3.33. The molecule has 0 radical (unpaired) electrons. The van der Waals surface area contributed by atoms with Crippen molar-refractivity contribution in [1.82, 2.24) is 15.3 Å². The molecule has 2 rings (SSSR count). The van der Waals surface area contributed by atoms with Crippen LogP contribution in [0.4, 0.5) is 0 Å². The maximum Gasteiger partial charge on any atom is 0.231 e. The molecule has 0 amide bonds. The zero-order valence-corrected chi connectivity index (χ0v) is 10.0. The Kier molecular flexibility index (Phi) is 3.91. The van der Waals surface area contributed by atoms with Crippen molar-refractivity contribution >= 4 is 15.9 Å². The van der Waals surface area contributed by atoms with Gasteiger partial charge in [0.15, 0.2) is 0 Å². The highest BCUT2D eigenvalue weighted by Crippen LogP contribution is 2.21. The second-order valence-corrected chi connectivity index (χ2v) is 4.53. The van der Waals surface area contributed by atoms with Crippen molar-refractivity contribution in [2.45, 2.75) is 12.8 Å². The topological polar surface area (TPSA) is 47.0 Å². The van der Waals surface area contributed by atoms with Crippen molar-refractivity contribution in [3.8, 4) is 5.88 Å². The molecule has 82 valence electrons. The minimum Gasteiger partial charge on any atom is -0.476 e. The van der Waals surface area contributed by atoms with Gasteiger partial charge in [-0.1, -0.05) is 0 Å². The van der Waals surface area contributed by atoms with E-state index in [1.165, 1.54) is 19.2 Å². The zero-order chi connectivity index (χ0) is 10.5. The molecular weight excluding hydrogens is 258 g/mol. The predicted molar refractivity (Wildman–Crippen MR) is 60.8 cm³/mol. The van der Waals surface area contributed by atoms with E-state index in [0.29, 0.717) is 11.8 Å². The standard InChI is InChI=1S/C10H14BrN3O/c11-9-5-13-7-14-10(9)15-6-8-1-3-12-4-2-8/h5,7-8,12H,1-4,6H2. The van der Waals surface area contributed by atoms with Crippen LogP contribution < -0.4 is 10.1 Å². The highest BCUT2D eigenvalue weighted by atomic mass is 79.9. The van der Waals surface area contributed by atoms with Crippen LogP contribution >= 0.6 is 15.9 Å². The van der Waals surface area contributed by atoms with Gasteiger partial charge in [-0.3, -0.25) is 0 Å². The lowest BCUT2D eigenvalue weighted by Gasteiger charge is -2.22. The fourth-order valence-electron chi connectivity index (χ4n) is 1.65. The molecule has 2 heterocycles. The molecule has 0 saturated carbocycles. The second-order valence-electron chi connectivity index (χ2n) is 3.68. The lowest BCUT2D eigenvalue weighted by molar-refractivity contribution is 0.207. The van der Waals surface area contributed by atoms with Crippen LogP contribution in [0.5, 0.6) is 5.88 Å². The number of piperidine rings is 1. The van der Waals surface area contributed by atoms with Gasteiger partial charge in [0.2, 0.25) is 5.88 Å². The van der Waals surface area contributed by atoms with Crippen molar-refractivity contribution < 1.29 is 4.74 Å². The molecule has 15 heavy (non-hydrogen) atoms. The number of hydrogen-bond acceptors (Lipinski definition) is 4. The zero-order valence-electron chi connectivity index (χ0n) is 8.45. The van der Waals surface area contributed by atoms with E-state index >= 15 is 0 Å². The fraction of sp³-hybridized carbons (Fsp3) is 0.600. The highest BCUT2D eigenvalue weighted by Gasteiger charge is 2.14. The summed E-state index contributed by atoms with van der Waals surface area (Å²) < 4.78 is 6.47. The van der Waals surface area contributed by atoms with Gasteiger partial charge in [-0.05, 0) is 47.8 Å². The number of aromatic nitrogens is 2. The Morgan fingerprint density at radius 3 is 3.00 bits per heavy atom. The number of halogens is 1. The lowest BCUT2D eigenvalue weighted by Crippen LogP contribution is -2.30. The van der Waals surface area contributed by atoms with Crippen LogP contribution in [0.15, 0.2) is 17.0 Å². The first-order chi connectivity index (χ1) is 7.36. The minimum atomic E-state index is 0.642. The molecule has 1 saturated heterocycles. The first-order valence-electron chi connectivity index (χ1n) is 5.15. The molecule has 4 nitrogen and oxygen atoms in total. The largest absolute Gasteiger partial charge is 0.476 e. The summed E-state index contributed by atoms with van der Waals surface area (Å²) in [6, 6.07) is 0. The van der Waals surface area contributed by atoms with E-state index in [2.05, 4.69) is 31.2 Å². The molecule has 1 fully saturated rings. The monoisotopic (exact) mass is 271 g/mol. The van der Waals surface area contributed by atoms with Gasteiger partial charge >= 0.3 is 0 Å². The molecule has 0 aliphatic carbocycles. The van der Waals surface area contributed by atoms with Crippen molar-refractivity contribution in [2.75, 3.05) is 19.7 Å². The van der Waals surface area contributed by atoms with Crippen LogP contribution in [0.1, 0.15) is 12.8 Å². The highest BCUT2D eigenvalue weighted by molar-refractivity contribution is 9.10. The van der Waals surface area contributed by atoms with Gasteiger partial charge in [0, 0.05) is 6.20 Å². The third kappa shape index (κ3) is 3.14. The summed E-state index contributed by atoms with van der Waals surface area (Å²) in [7, 11) is 0. The maximum atomic E-state index is 5.65. The molecule has 1 N–H and O–H groups in total. The first kappa shape index (κ1) is 10.8. The SMILES string of the molecule is Brc1cncnc1OCC1CCNCC1. The Balaban J connectivity index is 1.84. The van der Waals surface area contributed by atoms with Gasteiger partial charge < -0.3 is 10.1 Å². The summed E-state index contributed by atoms with van der Waals surface area (Å²) in [5.41, 5.74) is 0. The fourth-order valence-corrected chi connectivity index (χ4v) is 1.99. The molecule has 1 aromatic rings. The summed E-state index contributed by atoms with van der Waals surface area (Å²) in [5.74, 6) is 1.29. The number of nitrogens with zero attached hydrogens (tertiary/aromatic N) is 2. The Labute approximate surface area is 97.6 Å². The van der Waals surface area contributed by atoms with Crippen molar-refractivity contribution in [3.05, 3.63) is 17.0 Å². The van der Waals surface area contributed by atoms with E-state index < -0.39 is 0 Å². The van der Waals surface area contributed by atoms with Crippen molar-refractivity contribution in [3.63, 3.8) is 0 Å². The molecule has 1 aliphatic heterocycles. The van der Waals surface area contributed by atoms with Gasteiger partial charge in [0.05, 0.1) is 11.1 Å². The van der Waals surface area contributed by atoms with Crippen LogP contribution in [0.2, 0.25) is 0 Å². The average molecular weight is 272 g/mol. The third-order valence-electron chi connectivity index (χ3n) is 2.55. The van der Waals surface area contributed by atoms with Crippen LogP contribution in [0.25, 0.3) is 0 Å². The summed E-state index contributed by atoms with van der Waals surface area (Å²) in [6.07, 6.45) is 5.57. The number of ether oxygens (including phenoxy) is 1. The normalized spacial score (nSPS) is 17.7. The number of rotatable bonds is 3. The van der Waals surface area contributed by atoms with E-state index in [-0.39, 0.29) is 0 Å². The Hall–Kier alpha value is -0.680. The molecule has 1 aromatic heterocycles. The molecular formula is C10H14BrN3O. The van der Waals surface area contributed by atoms with Crippen molar-refractivity contribution in [1.29, 1.82) is 0 Å². The summed E-state index contributed by atoms with van der Waals surface area (Å²) >= 11 is 3.36. The van der Waals surface area contributed by atoms with Crippen LogP contribution in [0.3, 0.4) is 0 Å². The number of nitrogens with one attached hydrogen (secondary N) is 1. The first-order valence-corrected chi connectivity index (χ1v) is 5.94. The van der Waals surface area contributed by atoms with Crippen molar-refractivity contribution in [2.24, 2.45) is 5.92 Å². The molecule has 0 aromatic carbocycles. The quantitative estimate of drug-likeness (QED) is 0.908. The van der Waals surface area contributed by atoms with Crippen LogP contribution in [-0.4, -0.2) is 29.7 Å². The van der Waals surface area contributed by atoms with Gasteiger partial charge in [-0.2, -0.15) is 0 Å². The van der Waals surface area contributed by atoms with E-state index in [1.54, 1.807) is 6.20 Å². The van der Waals surface area contributed by atoms with E-state index in [9.17, 15) is 0 Å². The second kappa shape index (κ2) is 5.42. The molecule has 0 spiro atoms. The maximum absolute atomic E-state index is 5.65. The molecule has 0 atom stereocenters. The Bertz CT molecular complexity index is 315. The molecule has 0 unspecified atom stereocenters. The van der Waals surface area contributed by atoms with Gasteiger partial charge in [-0.15, -0.1) is 0 Å². The molecule has 1 aliphatic rings. The van der Waals surface area contributed by atoms with E-state index in [4.69, 9.17) is 4.74 Å². The summed E-state index contributed by atoms with van der Waals surface area (Å²) in [4.78, 5) is 7.96. The van der Waals surface area contributed by atoms with Gasteiger partial charge in [0.25, 0.3) is 0 Å². The Morgan fingerprint density at radius 2 is 2.27 bits per heavy atom. The van der Waals surface area contributed by atoms with E-state index in [0.717, 1.165) is 24.2 Å². The van der Waals surface area contributed by atoms with E-state index in [1.807, 2.05) is 0 Å². The Morgan fingerprint density at radius 1 is 1.47 bits per heavy atom. The smallest absolute Gasteiger partial charge is 0.231 e. The van der Waals surface area contributed by atoms with Crippen LogP contribution in [-0.2, 0) is 0 Å².